The van der Waals surface area contributed by atoms with Gasteiger partial charge in [-0.2, -0.15) is 0 Å². The number of ether oxygens (including phenoxy) is 1. The molecule has 0 unspecified atom stereocenters. The van der Waals surface area contributed by atoms with Crippen LogP contribution in [0, 0.1) is 0 Å². The SMILES string of the molecule is C[Si](C)(CCCOc1ccc(O)cc1)O[Si](C)(C)OCCCc1ccc(O)cc1. The molecular weight excluding hydrogens is 400 g/mol. The zero-order chi connectivity index (χ0) is 21.3. The molecule has 0 aromatic heterocycles. The van der Waals surface area contributed by atoms with E-state index in [2.05, 4.69) is 26.2 Å². The van der Waals surface area contributed by atoms with Gasteiger partial charge in [0.1, 0.15) is 17.2 Å². The fourth-order valence-corrected chi connectivity index (χ4v) is 10.8. The smallest absolute Gasteiger partial charge is 0.321 e. The Labute approximate surface area is 176 Å². The summed E-state index contributed by atoms with van der Waals surface area (Å²) in [6.07, 6.45) is 2.80. The van der Waals surface area contributed by atoms with E-state index in [9.17, 15) is 10.2 Å². The Balaban J connectivity index is 1.65. The van der Waals surface area contributed by atoms with Crippen molar-refractivity contribution in [2.24, 2.45) is 0 Å². The van der Waals surface area contributed by atoms with Crippen molar-refractivity contribution in [1.82, 2.24) is 0 Å². The fourth-order valence-electron chi connectivity index (χ4n) is 3.23. The minimum absolute atomic E-state index is 0.245. The molecule has 0 radical (unpaired) electrons. The summed E-state index contributed by atoms with van der Waals surface area (Å²) < 4.78 is 18.4. The number of aryl methyl sites for hydroxylation is 1. The van der Waals surface area contributed by atoms with Crippen LogP contribution in [0.15, 0.2) is 48.5 Å². The minimum atomic E-state index is -2.16. The summed E-state index contributed by atoms with van der Waals surface area (Å²) in [6, 6.07) is 15.2. The molecule has 29 heavy (non-hydrogen) atoms. The number of aromatic hydroxyl groups is 2. The van der Waals surface area contributed by atoms with Crippen molar-refractivity contribution >= 4 is 16.9 Å². The van der Waals surface area contributed by atoms with Crippen LogP contribution >= 0.6 is 0 Å². The average Bonchev–Trinajstić information content (AvgIpc) is 2.64. The normalized spacial score (nSPS) is 12.1. The van der Waals surface area contributed by atoms with Crippen LogP contribution < -0.4 is 4.74 Å². The van der Waals surface area contributed by atoms with E-state index in [-0.39, 0.29) is 5.75 Å². The van der Waals surface area contributed by atoms with Crippen molar-refractivity contribution in [3.8, 4) is 17.2 Å². The highest BCUT2D eigenvalue weighted by Gasteiger charge is 2.34. The van der Waals surface area contributed by atoms with Gasteiger partial charge in [-0.15, -0.1) is 0 Å². The van der Waals surface area contributed by atoms with Gasteiger partial charge in [-0.05, 0) is 93.5 Å². The highest BCUT2D eigenvalue weighted by molar-refractivity contribution is 6.82. The van der Waals surface area contributed by atoms with E-state index in [0.717, 1.165) is 31.1 Å². The summed E-state index contributed by atoms with van der Waals surface area (Å²) in [4.78, 5) is 0. The molecule has 5 nitrogen and oxygen atoms in total. The van der Waals surface area contributed by atoms with Gasteiger partial charge in [-0.1, -0.05) is 12.1 Å². The number of phenolic OH excluding ortho intramolecular Hbond substituents is 2. The lowest BCUT2D eigenvalue weighted by Crippen LogP contribution is -2.46. The van der Waals surface area contributed by atoms with Crippen LogP contribution in [-0.4, -0.2) is 40.3 Å². The van der Waals surface area contributed by atoms with E-state index in [0.29, 0.717) is 19.0 Å². The number of hydrogen-bond donors (Lipinski definition) is 2. The van der Waals surface area contributed by atoms with Crippen molar-refractivity contribution < 1.29 is 23.5 Å². The Hall–Kier alpha value is -1.81. The van der Waals surface area contributed by atoms with Gasteiger partial charge in [0.15, 0.2) is 8.32 Å². The largest absolute Gasteiger partial charge is 0.508 e. The Bertz CT molecular complexity index is 666. The fraction of sp³-hybridized carbons (Fsp3) is 0.455. The quantitative estimate of drug-likeness (QED) is 0.344. The van der Waals surface area contributed by atoms with Gasteiger partial charge in [0.25, 0.3) is 0 Å². The third kappa shape index (κ3) is 9.49. The standard InChI is InChI=1S/C22H34O5Si2/c1-28(2,18-6-16-25-22-14-12-21(24)13-15-22)27-29(3,4)26-17-5-7-19-8-10-20(23)11-9-19/h8-15,23-24H,5-7,16-18H2,1-4H3. The number of hydrogen-bond acceptors (Lipinski definition) is 5. The van der Waals surface area contributed by atoms with E-state index in [4.69, 9.17) is 13.3 Å². The molecule has 2 rings (SSSR count). The maximum Gasteiger partial charge on any atom is 0.321 e. The van der Waals surface area contributed by atoms with Crippen LogP contribution in [0.4, 0.5) is 0 Å². The number of rotatable bonds is 12. The molecule has 2 N–H and O–H groups in total. The summed E-state index contributed by atoms with van der Waals surface area (Å²) in [5, 5.41) is 18.6. The van der Waals surface area contributed by atoms with Crippen molar-refractivity contribution in [1.29, 1.82) is 0 Å². The molecule has 2 aromatic carbocycles. The molecule has 0 atom stereocenters. The van der Waals surface area contributed by atoms with Gasteiger partial charge in [0.05, 0.1) is 6.61 Å². The van der Waals surface area contributed by atoms with Gasteiger partial charge in [-0.3, -0.25) is 0 Å². The Morgan fingerprint density at radius 3 is 1.97 bits per heavy atom. The third-order valence-electron chi connectivity index (χ3n) is 4.55. The Morgan fingerprint density at radius 2 is 1.34 bits per heavy atom. The summed E-state index contributed by atoms with van der Waals surface area (Å²) in [7, 11) is -3.99. The highest BCUT2D eigenvalue weighted by atomic mass is 28.4. The lowest BCUT2D eigenvalue weighted by Gasteiger charge is -2.33. The molecule has 0 bridgehead atoms. The van der Waals surface area contributed by atoms with Crippen LogP contribution in [0.25, 0.3) is 0 Å². The summed E-state index contributed by atoms with van der Waals surface area (Å²) in [5.74, 6) is 1.32. The molecule has 2 aromatic rings. The zero-order valence-corrected chi connectivity index (χ0v) is 20.0. The van der Waals surface area contributed by atoms with Gasteiger partial charge < -0.3 is 23.5 Å². The van der Waals surface area contributed by atoms with Crippen molar-refractivity contribution in [2.45, 2.75) is 51.5 Å². The van der Waals surface area contributed by atoms with E-state index >= 15 is 0 Å². The molecule has 160 valence electrons. The number of phenols is 2. The minimum Gasteiger partial charge on any atom is -0.508 e. The average molecular weight is 435 g/mol. The Kier molecular flexibility index (Phi) is 8.76. The van der Waals surface area contributed by atoms with Crippen LogP contribution in [0.2, 0.25) is 32.2 Å². The number of benzene rings is 2. The van der Waals surface area contributed by atoms with E-state index in [1.807, 2.05) is 12.1 Å². The molecule has 7 heteroatoms. The molecule has 0 saturated carbocycles. The van der Waals surface area contributed by atoms with Gasteiger partial charge >= 0.3 is 8.56 Å². The maximum absolute atomic E-state index is 9.34. The van der Waals surface area contributed by atoms with Gasteiger partial charge in [0.2, 0.25) is 0 Å². The van der Waals surface area contributed by atoms with Gasteiger partial charge in [0, 0.05) is 6.61 Å². The lowest BCUT2D eigenvalue weighted by atomic mass is 10.1. The Morgan fingerprint density at radius 1 is 0.759 bits per heavy atom. The van der Waals surface area contributed by atoms with E-state index in [1.54, 1.807) is 36.4 Å². The first-order chi connectivity index (χ1) is 13.7. The van der Waals surface area contributed by atoms with Crippen LogP contribution in [0.1, 0.15) is 18.4 Å². The van der Waals surface area contributed by atoms with E-state index in [1.165, 1.54) is 5.56 Å². The predicted octanol–water partition coefficient (Wildman–Crippen LogP) is 5.44. The monoisotopic (exact) mass is 434 g/mol. The van der Waals surface area contributed by atoms with Crippen molar-refractivity contribution in [3.05, 3.63) is 54.1 Å². The molecule has 0 saturated heterocycles. The first-order valence-corrected chi connectivity index (χ1v) is 16.1. The third-order valence-corrected chi connectivity index (χ3v) is 11.2. The van der Waals surface area contributed by atoms with Crippen LogP contribution in [0.3, 0.4) is 0 Å². The highest BCUT2D eigenvalue weighted by Crippen LogP contribution is 2.22. The first kappa shape index (κ1) is 23.5. The molecule has 0 aliphatic carbocycles. The lowest BCUT2D eigenvalue weighted by molar-refractivity contribution is 0.240. The molecule has 0 aliphatic heterocycles. The molecule has 0 aliphatic rings. The van der Waals surface area contributed by atoms with E-state index < -0.39 is 16.9 Å². The van der Waals surface area contributed by atoms with Gasteiger partial charge in [-0.25, -0.2) is 0 Å². The molecule has 0 amide bonds. The molecule has 0 spiro atoms. The predicted molar refractivity (Wildman–Crippen MR) is 121 cm³/mol. The second kappa shape index (κ2) is 10.8. The summed E-state index contributed by atoms with van der Waals surface area (Å²) in [6.45, 7) is 10.0. The maximum atomic E-state index is 9.34. The van der Waals surface area contributed by atoms with Crippen molar-refractivity contribution in [2.75, 3.05) is 13.2 Å². The summed E-state index contributed by atoms with van der Waals surface area (Å²) >= 11 is 0. The molecular formula is C22H34O5Si2. The summed E-state index contributed by atoms with van der Waals surface area (Å²) in [5.41, 5.74) is 1.20. The zero-order valence-electron chi connectivity index (χ0n) is 18.0. The first-order valence-electron chi connectivity index (χ1n) is 10.2. The molecule has 0 heterocycles. The second-order valence-corrected chi connectivity index (χ2v) is 16.3. The second-order valence-electron chi connectivity index (χ2n) is 8.33. The van der Waals surface area contributed by atoms with Crippen LogP contribution in [-0.2, 0) is 15.0 Å². The molecule has 0 fully saturated rings. The van der Waals surface area contributed by atoms with Crippen molar-refractivity contribution in [3.63, 3.8) is 0 Å². The topological polar surface area (TPSA) is 68.2 Å². The van der Waals surface area contributed by atoms with Crippen LogP contribution in [0.5, 0.6) is 17.2 Å².